The second-order valence-corrected chi connectivity index (χ2v) is 5.67. The third-order valence-corrected chi connectivity index (χ3v) is 4.13. The molecule has 1 fully saturated rings. The Morgan fingerprint density at radius 3 is 2.70 bits per heavy atom. The molecule has 23 heavy (non-hydrogen) atoms. The minimum absolute atomic E-state index is 0. The lowest BCUT2D eigenvalue weighted by molar-refractivity contribution is -0.122. The van der Waals surface area contributed by atoms with E-state index in [2.05, 4.69) is 15.6 Å². The number of halogens is 2. The number of aromatic nitrogens is 1. The number of amides is 1. The molecule has 0 atom stereocenters. The van der Waals surface area contributed by atoms with E-state index < -0.39 is 0 Å². The van der Waals surface area contributed by atoms with Crippen molar-refractivity contribution in [2.45, 2.75) is 25.8 Å². The fourth-order valence-corrected chi connectivity index (χ4v) is 2.92. The van der Waals surface area contributed by atoms with Crippen molar-refractivity contribution < 1.29 is 4.79 Å². The molecule has 2 heterocycles. The molecule has 1 aliphatic heterocycles. The monoisotopic (exact) mass is 355 g/mol. The number of hydrogen-bond acceptors (Lipinski definition) is 3. The van der Waals surface area contributed by atoms with Crippen LogP contribution in [0.5, 0.6) is 0 Å². The number of nitrogens with one attached hydrogen (secondary N) is 2. The van der Waals surface area contributed by atoms with Crippen molar-refractivity contribution in [2.75, 3.05) is 13.1 Å². The van der Waals surface area contributed by atoms with Gasteiger partial charge in [-0.25, -0.2) is 0 Å². The predicted octanol–water partition coefficient (Wildman–Crippen LogP) is 3.08. The summed E-state index contributed by atoms with van der Waals surface area (Å²) in [5.74, 6) is 0.673. The van der Waals surface area contributed by atoms with E-state index >= 15 is 0 Å². The fraction of sp³-hybridized carbons (Fsp3) is 0.412. The molecule has 1 aromatic carbocycles. The third-order valence-electron chi connectivity index (χ3n) is 4.13. The van der Waals surface area contributed by atoms with Crippen molar-refractivity contribution in [3.8, 4) is 0 Å². The van der Waals surface area contributed by atoms with Gasteiger partial charge in [-0.1, -0.05) is 24.3 Å². The van der Waals surface area contributed by atoms with Crippen LogP contribution in [0.15, 0.2) is 36.5 Å². The Hall–Kier alpha value is -1.36. The molecule has 0 radical (unpaired) electrons. The molecule has 1 aromatic heterocycles. The fourth-order valence-electron chi connectivity index (χ4n) is 2.92. The van der Waals surface area contributed by atoms with Gasteiger partial charge in [-0.3, -0.25) is 9.78 Å². The van der Waals surface area contributed by atoms with Crippen LogP contribution >= 0.6 is 24.8 Å². The highest BCUT2D eigenvalue weighted by molar-refractivity contribution is 5.85. The first-order valence-electron chi connectivity index (χ1n) is 7.63. The Labute approximate surface area is 149 Å². The summed E-state index contributed by atoms with van der Waals surface area (Å²) in [7, 11) is 0. The summed E-state index contributed by atoms with van der Waals surface area (Å²) >= 11 is 0. The topological polar surface area (TPSA) is 54.0 Å². The molecule has 2 aromatic rings. The summed E-state index contributed by atoms with van der Waals surface area (Å²) in [5, 5.41) is 7.48. The van der Waals surface area contributed by atoms with E-state index in [0.717, 1.165) is 42.4 Å². The molecule has 0 saturated carbocycles. The third kappa shape index (κ3) is 5.34. The molecule has 4 nitrogen and oxygen atoms in total. The number of para-hydroxylation sites is 1. The Kier molecular flexibility index (Phi) is 8.31. The summed E-state index contributed by atoms with van der Waals surface area (Å²) in [6, 6.07) is 10.1. The lowest BCUT2D eigenvalue weighted by Gasteiger charge is -2.21. The maximum atomic E-state index is 12.1. The highest BCUT2D eigenvalue weighted by Gasteiger charge is 2.16. The van der Waals surface area contributed by atoms with Gasteiger partial charge in [0.15, 0.2) is 0 Å². The van der Waals surface area contributed by atoms with Gasteiger partial charge < -0.3 is 10.6 Å². The van der Waals surface area contributed by atoms with Crippen molar-refractivity contribution in [3.63, 3.8) is 0 Å². The van der Waals surface area contributed by atoms with Gasteiger partial charge >= 0.3 is 0 Å². The molecule has 126 valence electrons. The molecule has 1 aliphatic rings. The van der Waals surface area contributed by atoms with E-state index in [1.165, 1.54) is 0 Å². The van der Waals surface area contributed by atoms with Gasteiger partial charge in [0.25, 0.3) is 0 Å². The quantitative estimate of drug-likeness (QED) is 0.885. The maximum Gasteiger partial charge on any atom is 0.220 e. The van der Waals surface area contributed by atoms with Gasteiger partial charge in [-0.15, -0.1) is 24.8 Å². The van der Waals surface area contributed by atoms with Crippen LogP contribution in [-0.4, -0.2) is 24.0 Å². The number of fused-ring (bicyclic) bond motifs is 1. The van der Waals surface area contributed by atoms with Crippen LogP contribution in [0.4, 0.5) is 0 Å². The van der Waals surface area contributed by atoms with Crippen molar-refractivity contribution in [2.24, 2.45) is 5.92 Å². The van der Waals surface area contributed by atoms with E-state index in [0.29, 0.717) is 18.9 Å². The van der Waals surface area contributed by atoms with Gasteiger partial charge in [-0.05, 0) is 43.5 Å². The molecule has 0 aliphatic carbocycles. The van der Waals surface area contributed by atoms with Crippen molar-refractivity contribution in [1.29, 1.82) is 0 Å². The standard InChI is InChI=1S/C17H21N3O.2ClH/c21-16(11-13-6-9-18-10-7-13)20-12-15-4-1-3-14-5-2-8-19-17(14)15;;/h1-5,8,13,18H,6-7,9-12H2,(H,20,21);2*1H. The van der Waals surface area contributed by atoms with Gasteiger partial charge in [-0.2, -0.15) is 0 Å². The average molecular weight is 356 g/mol. The number of piperidine rings is 1. The zero-order valence-corrected chi connectivity index (χ0v) is 14.6. The Morgan fingerprint density at radius 2 is 1.91 bits per heavy atom. The summed E-state index contributed by atoms with van der Waals surface area (Å²) in [5.41, 5.74) is 2.05. The van der Waals surface area contributed by atoms with Gasteiger partial charge in [0.05, 0.1) is 5.52 Å². The zero-order chi connectivity index (χ0) is 14.5. The molecule has 0 bridgehead atoms. The first-order chi connectivity index (χ1) is 10.3. The van der Waals surface area contributed by atoms with Crippen LogP contribution in [-0.2, 0) is 11.3 Å². The highest BCUT2D eigenvalue weighted by Crippen LogP contribution is 2.17. The molecule has 1 saturated heterocycles. The molecule has 0 unspecified atom stereocenters. The van der Waals surface area contributed by atoms with Gasteiger partial charge in [0.2, 0.25) is 5.91 Å². The Morgan fingerprint density at radius 1 is 1.17 bits per heavy atom. The van der Waals surface area contributed by atoms with Crippen LogP contribution < -0.4 is 10.6 Å². The summed E-state index contributed by atoms with van der Waals surface area (Å²) < 4.78 is 0. The molecule has 2 N–H and O–H groups in total. The summed E-state index contributed by atoms with van der Waals surface area (Å²) in [6.07, 6.45) is 4.63. The number of nitrogens with zero attached hydrogens (tertiary/aromatic N) is 1. The number of benzene rings is 1. The predicted molar refractivity (Wildman–Crippen MR) is 98.3 cm³/mol. The maximum absolute atomic E-state index is 12.1. The molecule has 1 amide bonds. The zero-order valence-electron chi connectivity index (χ0n) is 13.0. The minimum atomic E-state index is 0. The number of pyridine rings is 1. The molecule has 0 spiro atoms. The van der Waals surface area contributed by atoms with Crippen LogP contribution in [0, 0.1) is 5.92 Å². The van der Waals surface area contributed by atoms with Crippen LogP contribution in [0.2, 0.25) is 0 Å². The first-order valence-corrected chi connectivity index (χ1v) is 7.63. The normalized spacial score (nSPS) is 14.6. The number of hydrogen-bond donors (Lipinski definition) is 2. The second-order valence-electron chi connectivity index (χ2n) is 5.67. The molecule has 3 rings (SSSR count). The van der Waals surface area contributed by atoms with E-state index in [9.17, 15) is 4.79 Å². The van der Waals surface area contributed by atoms with Crippen LogP contribution in [0.1, 0.15) is 24.8 Å². The number of carbonyl (C=O) groups is 1. The molecular weight excluding hydrogens is 333 g/mol. The van der Waals surface area contributed by atoms with E-state index in [4.69, 9.17) is 0 Å². The number of rotatable bonds is 4. The SMILES string of the molecule is Cl.Cl.O=C(CC1CCNCC1)NCc1cccc2cccnc12. The first kappa shape index (κ1) is 19.7. The van der Waals surface area contributed by atoms with E-state index in [1.807, 2.05) is 30.3 Å². The largest absolute Gasteiger partial charge is 0.352 e. The van der Waals surface area contributed by atoms with Crippen molar-refractivity contribution in [1.82, 2.24) is 15.6 Å². The summed E-state index contributed by atoms with van der Waals surface area (Å²) in [6.45, 7) is 2.62. The van der Waals surface area contributed by atoms with E-state index in [-0.39, 0.29) is 30.7 Å². The Bertz CT molecular complexity index is 625. The van der Waals surface area contributed by atoms with E-state index in [1.54, 1.807) is 6.20 Å². The molecular formula is C17H23Cl2N3O. The van der Waals surface area contributed by atoms with Crippen molar-refractivity contribution in [3.05, 3.63) is 42.1 Å². The Balaban J connectivity index is 0.00000132. The molecule has 6 heteroatoms. The lowest BCUT2D eigenvalue weighted by atomic mass is 9.94. The summed E-state index contributed by atoms with van der Waals surface area (Å²) in [4.78, 5) is 16.5. The van der Waals surface area contributed by atoms with Crippen molar-refractivity contribution >= 4 is 41.6 Å². The minimum Gasteiger partial charge on any atom is -0.352 e. The highest BCUT2D eigenvalue weighted by atomic mass is 35.5. The smallest absolute Gasteiger partial charge is 0.220 e. The van der Waals surface area contributed by atoms with Gasteiger partial charge in [0.1, 0.15) is 0 Å². The average Bonchev–Trinajstić information content (AvgIpc) is 2.54. The second kappa shape index (κ2) is 9.71. The van der Waals surface area contributed by atoms with Crippen LogP contribution in [0.25, 0.3) is 10.9 Å². The van der Waals surface area contributed by atoms with Crippen LogP contribution in [0.3, 0.4) is 0 Å². The lowest BCUT2D eigenvalue weighted by Crippen LogP contribution is -2.32. The van der Waals surface area contributed by atoms with Gasteiger partial charge in [0, 0.05) is 24.5 Å². The number of carbonyl (C=O) groups excluding carboxylic acids is 1.